The second kappa shape index (κ2) is 8.44. The molecule has 0 fully saturated rings. The van der Waals surface area contributed by atoms with Gasteiger partial charge in [-0.1, -0.05) is 48.5 Å². The Morgan fingerprint density at radius 1 is 1.07 bits per heavy atom. The molecule has 1 heterocycles. The van der Waals surface area contributed by atoms with Gasteiger partial charge >= 0.3 is 12.1 Å². The van der Waals surface area contributed by atoms with E-state index in [1.165, 1.54) is 17.4 Å². The molecule has 150 valence electrons. The standard InChI is InChI=1S/C20H15F3N2O3S/c21-20(22,23)15-9-5-4-8-14(15)17(19(27)28)25-16(26)10-13-11-29-18(24-13)12-6-2-1-3-7-12/h1-9,11,17H,10H2,(H,25,26)(H,27,28). The number of carboxylic acid groups (broad SMARTS) is 1. The molecule has 0 aliphatic rings. The van der Waals surface area contributed by atoms with Gasteiger partial charge in [0, 0.05) is 10.9 Å². The molecule has 2 aromatic carbocycles. The van der Waals surface area contributed by atoms with Crippen LogP contribution in [-0.2, 0) is 22.2 Å². The Bertz CT molecular complexity index is 1020. The number of hydrogen-bond donors (Lipinski definition) is 2. The molecule has 0 aliphatic carbocycles. The molecular formula is C20H15F3N2O3S. The van der Waals surface area contributed by atoms with Gasteiger partial charge in [0.1, 0.15) is 5.01 Å². The summed E-state index contributed by atoms with van der Waals surface area (Å²) < 4.78 is 39.6. The van der Waals surface area contributed by atoms with Crippen LogP contribution < -0.4 is 5.32 Å². The fraction of sp³-hybridized carbons (Fsp3) is 0.150. The Kier molecular flexibility index (Phi) is 5.97. The minimum atomic E-state index is -4.74. The van der Waals surface area contributed by atoms with E-state index < -0.39 is 35.2 Å². The topological polar surface area (TPSA) is 79.3 Å². The van der Waals surface area contributed by atoms with Gasteiger partial charge in [0.2, 0.25) is 5.91 Å². The molecule has 0 radical (unpaired) electrons. The number of benzene rings is 2. The van der Waals surface area contributed by atoms with Crippen molar-refractivity contribution in [3.63, 3.8) is 0 Å². The summed E-state index contributed by atoms with van der Waals surface area (Å²) in [5.41, 5.74) is -0.358. The quantitative estimate of drug-likeness (QED) is 0.623. The number of aliphatic carboxylic acids is 1. The SMILES string of the molecule is O=C(Cc1csc(-c2ccccc2)n1)NC(C(=O)O)c1ccccc1C(F)(F)F. The first-order chi connectivity index (χ1) is 13.8. The van der Waals surface area contributed by atoms with Crippen LogP contribution in [0.5, 0.6) is 0 Å². The monoisotopic (exact) mass is 420 g/mol. The number of amides is 1. The van der Waals surface area contributed by atoms with E-state index in [-0.39, 0.29) is 6.42 Å². The van der Waals surface area contributed by atoms with Gasteiger partial charge in [-0.05, 0) is 11.6 Å². The van der Waals surface area contributed by atoms with E-state index in [1.807, 2.05) is 30.3 Å². The first kappa shape index (κ1) is 20.5. The molecule has 2 N–H and O–H groups in total. The predicted octanol–water partition coefficient (Wildman–Crippen LogP) is 4.31. The lowest BCUT2D eigenvalue weighted by molar-refractivity contribution is -0.144. The van der Waals surface area contributed by atoms with Gasteiger partial charge in [-0.25, -0.2) is 9.78 Å². The third kappa shape index (κ3) is 5.00. The largest absolute Gasteiger partial charge is 0.479 e. The van der Waals surface area contributed by atoms with Gasteiger partial charge in [0.25, 0.3) is 0 Å². The maximum Gasteiger partial charge on any atom is 0.416 e. The summed E-state index contributed by atoms with van der Waals surface area (Å²) >= 11 is 1.32. The maximum atomic E-state index is 13.2. The summed E-state index contributed by atoms with van der Waals surface area (Å²) in [5, 5.41) is 13.9. The Morgan fingerprint density at radius 3 is 2.38 bits per heavy atom. The van der Waals surface area contributed by atoms with E-state index in [1.54, 1.807) is 5.38 Å². The third-order valence-electron chi connectivity index (χ3n) is 4.04. The van der Waals surface area contributed by atoms with Gasteiger partial charge in [-0.3, -0.25) is 4.79 Å². The average Bonchev–Trinajstić information content (AvgIpc) is 3.14. The Balaban J connectivity index is 1.77. The molecule has 0 saturated carbocycles. The number of nitrogens with zero attached hydrogens (tertiary/aromatic N) is 1. The molecule has 1 aromatic heterocycles. The van der Waals surface area contributed by atoms with Crippen LogP contribution in [0.2, 0.25) is 0 Å². The highest BCUT2D eigenvalue weighted by atomic mass is 32.1. The highest BCUT2D eigenvalue weighted by molar-refractivity contribution is 7.13. The van der Waals surface area contributed by atoms with E-state index in [4.69, 9.17) is 0 Å². The lowest BCUT2D eigenvalue weighted by Gasteiger charge is -2.19. The van der Waals surface area contributed by atoms with E-state index in [0.717, 1.165) is 23.8 Å². The summed E-state index contributed by atoms with van der Waals surface area (Å²) in [5.74, 6) is -2.32. The van der Waals surface area contributed by atoms with Crippen molar-refractivity contribution in [2.75, 3.05) is 0 Å². The first-order valence-electron chi connectivity index (χ1n) is 8.44. The van der Waals surface area contributed by atoms with Crippen molar-refractivity contribution in [2.24, 2.45) is 0 Å². The number of aromatic nitrogens is 1. The summed E-state index contributed by atoms with van der Waals surface area (Å²) in [7, 11) is 0. The molecule has 1 amide bonds. The maximum absolute atomic E-state index is 13.2. The number of nitrogens with one attached hydrogen (secondary N) is 1. The second-order valence-corrected chi connectivity index (χ2v) is 6.97. The lowest BCUT2D eigenvalue weighted by Crippen LogP contribution is -2.36. The van der Waals surface area contributed by atoms with Crippen LogP contribution in [0, 0.1) is 0 Å². The highest BCUT2D eigenvalue weighted by Crippen LogP contribution is 2.34. The summed E-state index contributed by atoms with van der Waals surface area (Å²) in [6.45, 7) is 0. The molecule has 9 heteroatoms. The molecule has 0 spiro atoms. The first-order valence-corrected chi connectivity index (χ1v) is 9.32. The van der Waals surface area contributed by atoms with Gasteiger partial charge in [0.05, 0.1) is 17.7 Å². The van der Waals surface area contributed by atoms with Crippen molar-refractivity contribution in [1.29, 1.82) is 0 Å². The summed E-state index contributed by atoms with van der Waals surface area (Å²) in [6, 6.07) is 11.7. The molecule has 3 aromatic rings. The van der Waals surface area contributed by atoms with Crippen molar-refractivity contribution in [3.05, 3.63) is 76.8 Å². The minimum absolute atomic E-state index is 0.249. The van der Waals surface area contributed by atoms with Crippen molar-refractivity contribution >= 4 is 23.2 Å². The number of carbonyl (C=O) groups excluding carboxylic acids is 1. The molecular weight excluding hydrogens is 405 g/mol. The summed E-state index contributed by atoms with van der Waals surface area (Å²) in [6.07, 6.45) is -4.99. The fourth-order valence-electron chi connectivity index (χ4n) is 2.76. The van der Waals surface area contributed by atoms with Crippen molar-refractivity contribution in [2.45, 2.75) is 18.6 Å². The third-order valence-corrected chi connectivity index (χ3v) is 4.98. The number of carboxylic acids is 1. The molecule has 5 nitrogen and oxygen atoms in total. The highest BCUT2D eigenvalue weighted by Gasteiger charge is 2.37. The molecule has 1 atom stereocenters. The Morgan fingerprint density at radius 2 is 1.72 bits per heavy atom. The van der Waals surface area contributed by atoms with Gasteiger partial charge < -0.3 is 10.4 Å². The van der Waals surface area contributed by atoms with Gasteiger partial charge in [0.15, 0.2) is 6.04 Å². The van der Waals surface area contributed by atoms with Gasteiger partial charge in [-0.2, -0.15) is 13.2 Å². The number of alkyl halides is 3. The van der Waals surface area contributed by atoms with Crippen LogP contribution in [0.3, 0.4) is 0 Å². The van der Waals surface area contributed by atoms with Crippen LogP contribution >= 0.6 is 11.3 Å². The van der Waals surface area contributed by atoms with Crippen LogP contribution in [0.15, 0.2) is 60.0 Å². The van der Waals surface area contributed by atoms with Crippen LogP contribution in [0.25, 0.3) is 10.6 Å². The van der Waals surface area contributed by atoms with Crippen LogP contribution in [-0.4, -0.2) is 22.0 Å². The molecule has 0 bridgehead atoms. The van der Waals surface area contributed by atoms with E-state index in [9.17, 15) is 27.9 Å². The van der Waals surface area contributed by atoms with Crippen molar-refractivity contribution < 1.29 is 27.9 Å². The predicted molar refractivity (Wildman–Crippen MR) is 101 cm³/mol. The molecule has 29 heavy (non-hydrogen) atoms. The number of halogens is 3. The number of thiazole rings is 1. The molecule has 0 saturated heterocycles. The zero-order valence-corrected chi connectivity index (χ0v) is 15.6. The smallest absolute Gasteiger partial charge is 0.416 e. The second-order valence-electron chi connectivity index (χ2n) is 6.11. The van der Waals surface area contributed by atoms with E-state index >= 15 is 0 Å². The van der Waals surface area contributed by atoms with E-state index in [0.29, 0.717) is 10.7 Å². The van der Waals surface area contributed by atoms with Crippen LogP contribution in [0.4, 0.5) is 13.2 Å². The van der Waals surface area contributed by atoms with Gasteiger partial charge in [-0.15, -0.1) is 11.3 Å². The minimum Gasteiger partial charge on any atom is -0.479 e. The Hall–Kier alpha value is -3.20. The fourth-order valence-corrected chi connectivity index (χ4v) is 3.58. The zero-order chi connectivity index (χ0) is 21.0. The average molecular weight is 420 g/mol. The lowest BCUT2D eigenvalue weighted by atomic mass is 9.99. The number of hydrogen-bond acceptors (Lipinski definition) is 4. The molecule has 0 aliphatic heterocycles. The van der Waals surface area contributed by atoms with Crippen molar-refractivity contribution in [1.82, 2.24) is 10.3 Å². The number of rotatable bonds is 6. The number of carbonyl (C=O) groups is 2. The molecule has 1 unspecified atom stereocenters. The molecule has 3 rings (SSSR count). The normalized spacial score (nSPS) is 12.4. The van der Waals surface area contributed by atoms with E-state index in [2.05, 4.69) is 10.3 Å². The Labute approximate surface area is 167 Å². The zero-order valence-electron chi connectivity index (χ0n) is 14.8. The van der Waals surface area contributed by atoms with Crippen molar-refractivity contribution in [3.8, 4) is 10.6 Å². The van der Waals surface area contributed by atoms with Crippen LogP contribution in [0.1, 0.15) is 22.9 Å². The summed E-state index contributed by atoms with van der Waals surface area (Å²) in [4.78, 5) is 28.2.